The molecule has 0 heterocycles. The molecule has 5 nitrogen and oxygen atoms in total. The van der Waals surface area contributed by atoms with E-state index in [1.54, 1.807) is 19.2 Å². The summed E-state index contributed by atoms with van der Waals surface area (Å²) in [4.78, 5) is 23.1. The molecule has 0 atom stereocenters. The summed E-state index contributed by atoms with van der Waals surface area (Å²) >= 11 is 3.35. The van der Waals surface area contributed by atoms with E-state index >= 15 is 0 Å². The van der Waals surface area contributed by atoms with Crippen LogP contribution in [-0.2, 0) is 11.2 Å². The van der Waals surface area contributed by atoms with E-state index < -0.39 is 29.0 Å². The van der Waals surface area contributed by atoms with Crippen LogP contribution in [0.2, 0.25) is 0 Å². The van der Waals surface area contributed by atoms with Crippen LogP contribution in [0, 0.1) is 11.6 Å². The van der Waals surface area contributed by atoms with Crippen LogP contribution in [0.25, 0.3) is 0 Å². The fourth-order valence-corrected chi connectivity index (χ4v) is 2.76. The minimum Gasteiger partial charge on any atom is -0.496 e. The first kappa shape index (κ1) is 18.9. The zero-order valence-electron chi connectivity index (χ0n) is 13.2. The highest BCUT2D eigenvalue weighted by Crippen LogP contribution is 2.26. The molecule has 0 aliphatic rings. The van der Waals surface area contributed by atoms with Crippen LogP contribution in [-0.4, -0.2) is 18.9 Å². The number of nitrogens with one attached hydrogen (secondary N) is 1. The maximum Gasteiger partial charge on any atom is 0.251 e. The van der Waals surface area contributed by atoms with E-state index in [-0.39, 0.29) is 12.1 Å². The molecule has 0 saturated carbocycles. The molecule has 0 aliphatic carbocycles. The number of ether oxygens (including phenoxy) is 1. The predicted molar refractivity (Wildman–Crippen MR) is 92.5 cm³/mol. The number of benzene rings is 2. The lowest BCUT2D eigenvalue weighted by molar-refractivity contribution is -0.116. The highest BCUT2D eigenvalue weighted by Gasteiger charge is 2.15. The Balaban J connectivity index is 2.04. The summed E-state index contributed by atoms with van der Waals surface area (Å²) in [5, 5.41) is 2.32. The van der Waals surface area contributed by atoms with Gasteiger partial charge in [0.15, 0.2) is 0 Å². The minimum atomic E-state index is -1.08. The predicted octanol–water partition coefficient (Wildman–Crippen LogP) is 3.41. The zero-order valence-corrected chi connectivity index (χ0v) is 14.8. The highest BCUT2D eigenvalue weighted by molar-refractivity contribution is 9.10. The van der Waals surface area contributed by atoms with Gasteiger partial charge in [-0.15, -0.1) is 0 Å². The van der Waals surface area contributed by atoms with Gasteiger partial charge >= 0.3 is 0 Å². The summed E-state index contributed by atoms with van der Waals surface area (Å²) in [7, 11) is 1.55. The molecule has 0 spiro atoms. The van der Waals surface area contributed by atoms with Gasteiger partial charge in [0, 0.05) is 12.5 Å². The van der Waals surface area contributed by atoms with Gasteiger partial charge in [-0.1, -0.05) is 6.07 Å². The molecule has 8 heteroatoms. The first-order valence-electron chi connectivity index (χ1n) is 7.23. The van der Waals surface area contributed by atoms with Gasteiger partial charge in [0.1, 0.15) is 17.4 Å². The SMILES string of the molecule is COc1ccc(CCC(=O)Nc2cc(C(N)=O)c(F)cc2F)cc1Br. The van der Waals surface area contributed by atoms with Crippen molar-refractivity contribution in [1.29, 1.82) is 0 Å². The van der Waals surface area contributed by atoms with Crippen LogP contribution in [0.15, 0.2) is 34.8 Å². The van der Waals surface area contributed by atoms with Crippen molar-refractivity contribution in [1.82, 2.24) is 0 Å². The van der Waals surface area contributed by atoms with Crippen molar-refractivity contribution in [2.45, 2.75) is 12.8 Å². The summed E-state index contributed by atoms with van der Waals surface area (Å²) in [5.41, 5.74) is 5.10. The van der Waals surface area contributed by atoms with E-state index in [4.69, 9.17) is 10.5 Å². The van der Waals surface area contributed by atoms with Gasteiger partial charge in [0.2, 0.25) is 5.91 Å². The smallest absolute Gasteiger partial charge is 0.251 e. The number of carbonyl (C=O) groups is 2. The Morgan fingerprint density at radius 3 is 2.52 bits per heavy atom. The highest BCUT2D eigenvalue weighted by atomic mass is 79.9. The molecular weight excluding hydrogens is 398 g/mol. The summed E-state index contributed by atoms with van der Waals surface area (Å²) in [6, 6.07) is 6.78. The maximum absolute atomic E-state index is 13.7. The second kappa shape index (κ2) is 8.06. The average Bonchev–Trinajstić information content (AvgIpc) is 2.55. The molecule has 0 bridgehead atoms. The van der Waals surface area contributed by atoms with E-state index in [2.05, 4.69) is 21.2 Å². The second-order valence-electron chi connectivity index (χ2n) is 5.19. The Morgan fingerprint density at radius 2 is 1.92 bits per heavy atom. The number of halogens is 3. The van der Waals surface area contributed by atoms with E-state index in [0.717, 1.165) is 16.1 Å². The number of primary amides is 1. The third kappa shape index (κ3) is 4.76. The average molecular weight is 413 g/mol. The van der Waals surface area contributed by atoms with Crippen molar-refractivity contribution in [3.8, 4) is 5.75 Å². The molecule has 0 saturated heterocycles. The van der Waals surface area contributed by atoms with Crippen LogP contribution >= 0.6 is 15.9 Å². The third-order valence-electron chi connectivity index (χ3n) is 3.45. The molecule has 2 rings (SSSR count). The molecule has 2 aromatic rings. The number of methoxy groups -OCH3 is 1. The molecule has 0 aromatic heterocycles. The van der Waals surface area contributed by atoms with Gasteiger partial charge in [-0.25, -0.2) is 8.78 Å². The van der Waals surface area contributed by atoms with Gasteiger partial charge < -0.3 is 15.8 Å². The number of carbonyl (C=O) groups excluding carboxylic acids is 2. The normalized spacial score (nSPS) is 10.4. The monoisotopic (exact) mass is 412 g/mol. The quantitative estimate of drug-likeness (QED) is 0.762. The van der Waals surface area contributed by atoms with Crippen LogP contribution < -0.4 is 15.8 Å². The Labute approximate surface area is 151 Å². The van der Waals surface area contributed by atoms with E-state index in [1.165, 1.54) is 0 Å². The van der Waals surface area contributed by atoms with Gasteiger partial charge in [-0.2, -0.15) is 0 Å². The topological polar surface area (TPSA) is 81.4 Å². The first-order chi connectivity index (χ1) is 11.8. The van der Waals surface area contributed by atoms with Crippen molar-refractivity contribution >= 4 is 33.4 Å². The number of nitrogens with two attached hydrogens (primary N) is 1. The van der Waals surface area contributed by atoms with Crippen LogP contribution in [0.4, 0.5) is 14.5 Å². The lowest BCUT2D eigenvalue weighted by Gasteiger charge is -2.09. The van der Waals surface area contributed by atoms with Gasteiger partial charge in [0.05, 0.1) is 22.8 Å². The molecule has 0 aliphatic heterocycles. The van der Waals surface area contributed by atoms with E-state index in [1.807, 2.05) is 6.07 Å². The Hall–Kier alpha value is -2.48. The standard InChI is InChI=1S/C17H15BrF2N2O3/c1-25-15-4-2-9(6-11(15)18)3-5-16(23)22-14-7-10(17(21)24)12(19)8-13(14)20/h2,4,6-8H,3,5H2,1H3,(H2,21,24)(H,22,23). The van der Waals surface area contributed by atoms with E-state index in [9.17, 15) is 18.4 Å². The Bertz CT molecular complexity index is 828. The minimum absolute atomic E-state index is 0.0709. The number of aryl methyl sites for hydroxylation is 1. The number of hydrogen-bond donors (Lipinski definition) is 2. The summed E-state index contributed by atoms with van der Waals surface area (Å²) in [5.74, 6) is -2.92. The molecule has 2 aromatic carbocycles. The number of anilines is 1. The maximum atomic E-state index is 13.7. The first-order valence-corrected chi connectivity index (χ1v) is 8.02. The molecule has 2 amide bonds. The Morgan fingerprint density at radius 1 is 1.20 bits per heavy atom. The number of rotatable bonds is 6. The summed E-state index contributed by atoms with van der Waals surface area (Å²) in [6.45, 7) is 0. The largest absolute Gasteiger partial charge is 0.496 e. The summed E-state index contributed by atoms with van der Waals surface area (Å²) < 4.78 is 33.0. The van der Waals surface area contributed by atoms with Crippen molar-refractivity contribution in [2.24, 2.45) is 5.73 Å². The third-order valence-corrected chi connectivity index (χ3v) is 4.07. The fraction of sp³-hybridized carbons (Fsp3) is 0.176. The molecule has 132 valence electrons. The zero-order chi connectivity index (χ0) is 18.6. The van der Waals surface area contributed by atoms with E-state index in [0.29, 0.717) is 18.2 Å². The van der Waals surface area contributed by atoms with Crippen molar-refractivity contribution in [2.75, 3.05) is 12.4 Å². The van der Waals surface area contributed by atoms with Crippen LogP contribution in [0.1, 0.15) is 22.3 Å². The number of amides is 2. The van der Waals surface area contributed by atoms with Gasteiger partial charge in [-0.3, -0.25) is 9.59 Å². The molecule has 0 radical (unpaired) electrons. The van der Waals surface area contributed by atoms with Gasteiger partial charge in [0.25, 0.3) is 5.91 Å². The number of hydrogen-bond acceptors (Lipinski definition) is 3. The van der Waals surface area contributed by atoms with Crippen molar-refractivity contribution in [3.05, 3.63) is 57.6 Å². The lowest BCUT2D eigenvalue weighted by atomic mass is 10.1. The molecule has 3 N–H and O–H groups in total. The van der Waals surface area contributed by atoms with Crippen LogP contribution in [0.3, 0.4) is 0 Å². The molecule has 0 unspecified atom stereocenters. The van der Waals surface area contributed by atoms with Crippen molar-refractivity contribution < 1.29 is 23.1 Å². The summed E-state index contributed by atoms with van der Waals surface area (Å²) in [6.07, 6.45) is 0.474. The Kier molecular flexibility index (Phi) is 6.08. The molecule has 0 fully saturated rings. The molecule has 25 heavy (non-hydrogen) atoms. The van der Waals surface area contributed by atoms with Gasteiger partial charge in [-0.05, 0) is 46.1 Å². The lowest BCUT2D eigenvalue weighted by Crippen LogP contribution is -2.17. The fourth-order valence-electron chi connectivity index (χ4n) is 2.17. The van der Waals surface area contributed by atoms with Crippen molar-refractivity contribution in [3.63, 3.8) is 0 Å². The van der Waals surface area contributed by atoms with Crippen LogP contribution in [0.5, 0.6) is 5.75 Å². The second-order valence-corrected chi connectivity index (χ2v) is 6.05. The molecular formula is C17H15BrF2N2O3.